The Morgan fingerprint density at radius 2 is 1.42 bits per heavy atom. The molecule has 0 radical (unpaired) electrons. The quantitative estimate of drug-likeness (QED) is 0.0145. The highest BCUT2D eigenvalue weighted by atomic mass is 32.3. The van der Waals surface area contributed by atoms with Crippen LogP contribution < -0.4 is 15.6 Å². The molecule has 3 saturated heterocycles. The minimum Gasteiger partial charge on any atom is -0.467 e. The molecule has 348 valence electrons. The maximum absolute atomic E-state index is 13.0. The molecule has 0 aliphatic carbocycles. The van der Waals surface area contributed by atoms with Crippen LogP contribution in [0.4, 0.5) is 0 Å². The standard InChI is InChI=1S/C28H53N3O25S3/c1-4-5-10-46-19-13(2)49-28(22(17(19)33)54-56-36)51-20-14(12-48-57(30,37)38)50-26(15(16(20)32)31-58(39,40)41)52-21-18(34)23(55-59(42,43)44)27(47-11-8-6-7-9-29)53-24(21)25(35)45-3/h13-24,26-28,31-34,36H,4-12,29H2,1-3H3,(H2,30,37,38)(H,39,40,41)(H,42,43,44)/t13?,14?,15?,16-,17-,18-,19-,20-,21+,22?,23?,24?,26-,27-,28+/m1/s1. The summed E-state index contributed by atoms with van der Waals surface area (Å²) in [5, 5.41) is 52.1. The van der Waals surface area contributed by atoms with Gasteiger partial charge in [0, 0.05) is 13.2 Å². The van der Waals surface area contributed by atoms with E-state index in [0.29, 0.717) is 38.6 Å². The van der Waals surface area contributed by atoms with E-state index in [2.05, 4.69) is 13.4 Å². The van der Waals surface area contributed by atoms with Crippen molar-refractivity contribution in [3.05, 3.63) is 0 Å². The molecule has 3 aliphatic rings. The van der Waals surface area contributed by atoms with Gasteiger partial charge in [-0.25, -0.2) is 19.4 Å². The number of carbonyl (C=O) groups is 1. The molecule has 11 N–H and O–H groups in total. The molecule has 0 saturated carbocycles. The van der Waals surface area contributed by atoms with Gasteiger partial charge in [-0.1, -0.05) is 18.4 Å². The van der Waals surface area contributed by atoms with Crippen molar-refractivity contribution in [3.8, 4) is 0 Å². The molecule has 0 spiro atoms. The number of nitrogens with two attached hydrogens (primary N) is 2. The molecule has 0 aromatic rings. The average molecular weight is 928 g/mol. The lowest BCUT2D eigenvalue weighted by atomic mass is 9.95. The number of ether oxygens (including phenoxy) is 8. The van der Waals surface area contributed by atoms with Gasteiger partial charge in [-0.2, -0.15) is 34.9 Å². The third-order valence-corrected chi connectivity index (χ3v) is 10.5. The van der Waals surface area contributed by atoms with Crippen molar-refractivity contribution >= 4 is 37.0 Å². The molecule has 3 rings (SSSR count). The van der Waals surface area contributed by atoms with Crippen LogP contribution in [0.15, 0.2) is 0 Å². The first-order valence-electron chi connectivity index (χ1n) is 17.9. The summed E-state index contributed by atoms with van der Waals surface area (Å²) in [6, 6.07) is -2.30. The van der Waals surface area contributed by atoms with E-state index in [9.17, 15) is 54.5 Å². The Morgan fingerprint density at radius 3 is 2.00 bits per heavy atom. The number of unbranched alkanes of at least 4 members (excludes halogenated alkanes) is 3. The lowest BCUT2D eigenvalue weighted by molar-refractivity contribution is -0.533. The fourth-order valence-corrected chi connectivity index (χ4v) is 7.65. The van der Waals surface area contributed by atoms with Gasteiger partial charge in [-0.15, -0.1) is 0 Å². The molecule has 15 atom stereocenters. The molecule has 6 unspecified atom stereocenters. The van der Waals surface area contributed by atoms with Gasteiger partial charge in [0.1, 0.15) is 48.8 Å². The van der Waals surface area contributed by atoms with Crippen LogP contribution in [0.3, 0.4) is 0 Å². The molecule has 59 heavy (non-hydrogen) atoms. The van der Waals surface area contributed by atoms with Gasteiger partial charge in [0.25, 0.3) is 0 Å². The molecule has 3 heterocycles. The number of rotatable bonds is 24. The highest BCUT2D eigenvalue weighted by Gasteiger charge is 2.57. The number of carbonyl (C=O) groups excluding carboxylic acids is 1. The SMILES string of the molecule is CCCCO[C@@H]1C(C)O[C@@H](O[C@@H]2C(COS(N)(=O)=O)O[C@H](O[C@@H]3C(C(=O)OC)O[C@@H](OCCCCCN)C(OS(=O)(=O)O)[C@@H]3O)C(NS(=O)(=O)O)[C@H]2O)C(OOO)[C@@H]1O. The monoisotopic (exact) mass is 927 g/mol. The van der Waals surface area contributed by atoms with E-state index in [1.807, 2.05) is 6.92 Å². The second-order valence-electron chi connectivity index (χ2n) is 13.3. The summed E-state index contributed by atoms with van der Waals surface area (Å²) in [7, 11) is -14.8. The summed E-state index contributed by atoms with van der Waals surface area (Å²) >= 11 is 0. The number of esters is 1. The Kier molecular flexibility index (Phi) is 20.5. The predicted octanol–water partition coefficient (Wildman–Crippen LogP) is -4.50. The zero-order chi connectivity index (χ0) is 44.3. The van der Waals surface area contributed by atoms with Gasteiger partial charge in [0.2, 0.25) is 0 Å². The Labute approximate surface area is 339 Å². The smallest absolute Gasteiger partial charge is 0.397 e. The summed E-state index contributed by atoms with van der Waals surface area (Å²) in [6.45, 7) is 2.42. The lowest BCUT2D eigenvalue weighted by Gasteiger charge is -2.49. The van der Waals surface area contributed by atoms with E-state index in [4.69, 9.17) is 58.9 Å². The van der Waals surface area contributed by atoms with E-state index in [-0.39, 0.29) is 13.2 Å². The first-order chi connectivity index (χ1) is 27.5. The largest absolute Gasteiger partial charge is 0.467 e. The normalized spacial score (nSPS) is 36.0. The summed E-state index contributed by atoms with van der Waals surface area (Å²) < 4.78 is 147. The van der Waals surface area contributed by atoms with Gasteiger partial charge >= 0.3 is 37.0 Å². The highest BCUT2D eigenvalue weighted by Crippen LogP contribution is 2.35. The predicted molar refractivity (Wildman–Crippen MR) is 187 cm³/mol. The third kappa shape index (κ3) is 15.7. The van der Waals surface area contributed by atoms with Crippen LogP contribution in [0.2, 0.25) is 0 Å². The average Bonchev–Trinajstić information content (AvgIpc) is 3.13. The maximum atomic E-state index is 13.0. The topological polar surface area (TPSA) is 416 Å². The van der Waals surface area contributed by atoms with Crippen LogP contribution in [0, 0.1) is 0 Å². The Bertz CT molecular complexity index is 1630. The molecule has 3 fully saturated rings. The maximum Gasteiger partial charge on any atom is 0.397 e. The molecule has 0 amide bonds. The van der Waals surface area contributed by atoms with Crippen LogP contribution >= 0.6 is 0 Å². The van der Waals surface area contributed by atoms with Gasteiger partial charge in [-0.05, 0) is 39.2 Å². The fraction of sp³-hybridized carbons (Fsp3) is 0.964. The Morgan fingerprint density at radius 1 is 0.780 bits per heavy atom. The number of hydrogen-bond acceptors (Lipinski definition) is 24. The molecule has 3 aliphatic heterocycles. The minimum absolute atomic E-state index is 0.153. The second kappa shape index (κ2) is 23.3. The first-order valence-corrected chi connectivity index (χ1v) is 22.2. The molecule has 28 nitrogen and oxygen atoms in total. The van der Waals surface area contributed by atoms with Gasteiger partial charge in [0.15, 0.2) is 37.2 Å². The van der Waals surface area contributed by atoms with Gasteiger partial charge in [0.05, 0.1) is 19.8 Å². The highest BCUT2D eigenvalue weighted by molar-refractivity contribution is 7.84. The Balaban J connectivity index is 2.05. The van der Waals surface area contributed by atoms with E-state index in [0.717, 1.165) is 7.11 Å². The van der Waals surface area contributed by atoms with Crippen molar-refractivity contribution in [2.75, 3.05) is 33.5 Å². The van der Waals surface area contributed by atoms with Crippen molar-refractivity contribution < 1.29 is 116 Å². The van der Waals surface area contributed by atoms with Crippen LogP contribution in [-0.4, -0.2) is 186 Å². The molecular formula is C28H53N3O25S3. The van der Waals surface area contributed by atoms with E-state index < -0.39 is 136 Å². The zero-order valence-corrected chi connectivity index (χ0v) is 34.3. The fourth-order valence-electron chi connectivity index (χ4n) is 6.24. The van der Waals surface area contributed by atoms with Crippen LogP contribution in [0.5, 0.6) is 0 Å². The first kappa shape index (κ1) is 51.9. The van der Waals surface area contributed by atoms with Crippen molar-refractivity contribution in [1.82, 2.24) is 4.72 Å². The summed E-state index contributed by atoms with van der Waals surface area (Å²) in [6.07, 6.45) is -24.6. The number of nitrogens with one attached hydrogen (secondary N) is 1. The minimum atomic E-state index is -5.43. The van der Waals surface area contributed by atoms with Crippen LogP contribution in [0.1, 0.15) is 46.0 Å². The van der Waals surface area contributed by atoms with Gasteiger partial charge < -0.3 is 58.9 Å². The summed E-state index contributed by atoms with van der Waals surface area (Å²) in [4.78, 5) is 17.8. The molecular weight excluding hydrogens is 875 g/mol. The van der Waals surface area contributed by atoms with E-state index in [1.165, 1.54) is 6.92 Å². The molecule has 0 aromatic heterocycles. The van der Waals surface area contributed by atoms with Crippen molar-refractivity contribution in [2.45, 2.75) is 138 Å². The zero-order valence-electron chi connectivity index (χ0n) is 31.8. The second-order valence-corrected chi connectivity index (χ2v) is 16.8. The lowest BCUT2D eigenvalue weighted by Crippen LogP contribution is -2.70. The summed E-state index contributed by atoms with van der Waals surface area (Å²) in [5.74, 6) is -1.32. The number of methoxy groups -OCH3 is 1. The van der Waals surface area contributed by atoms with Crippen molar-refractivity contribution in [1.29, 1.82) is 0 Å². The van der Waals surface area contributed by atoms with Crippen LogP contribution in [-0.2, 0) is 92.0 Å². The molecule has 31 heteroatoms. The number of hydrogen-bond donors (Lipinski definition) is 9. The van der Waals surface area contributed by atoms with Crippen LogP contribution in [0.25, 0.3) is 0 Å². The van der Waals surface area contributed by atoms with Gasteiger partial charge in [-0.3, -0.25) is 13.3 Å². The number of aliphatic hydroxyl groups is 3. The molecule has 0 aromatic carbocycles. The third-order valence-electron chi connectivity index (χ3n) is 8.97. The van der Waals surface area contributed by atoms with E-state index in [1.54, 1.807) is 4.72 Å². The van der Waals surface area contributed by atoms with Crippen molar-refractivity contribution in [2.24, 2.45) is 10.9 Å². The Hall–Kier alpha value is -1.48. The summed E-state index contributed by atoms with van der Waals surface area (Å²) in [5.41, 5.74) is 5.48. The van der Waals surface area contributed by atoms with Crippen molar-refractivity contribution in [3.63, 3.8) is 0 Å². The molecule has 0 bridgehead atoms. The number of aliphatic hydroxyl groups excluding tert-OH is 3. The van der Waals surface area contributed by atoms with E-state index >= 15 is 0 Å².